The van der Waals surface area contributed by atoms with Gasteiger partial charge in [0.05, 0.1) is 5.56 Å². The predicted octanol–water partition coefficient (Wildman–Crippen LogP) is 3.14. The molecule has 0 saturated heterocycles. The quantitative estimate of drug-likeness (QED) is 0.687. The van der Waals surface area contributed by atoms with Gasteiger partial charge in [-0.2, -0.15) is 0 Å². The number of rotatable bonds is 4. The van der Waals surface area contributed by atoms with Gasteiger partial charge in [0.15, 0.2) is 11.5 Å². The van der Waals surface area contributed by atoms with Gasteiger partial charge in [0, 0.05) is 11.1 Å². The second-order valence-electron chi connectivity index (χ2n) is 4.47. The van der Waals surface area contributed by atoms with Gasteiger partial charge in [-0.25, -0.2) is 0 Å². The first-order chi connectivity index (χ1) is 10.3. The third-order valence-electron chi connectivity index (χ3n) is 3.10. The number of ketones is 2. The smallest absolute Gasteiger partial charge is 0.215 e. The van der Waals surface area contributed by atoms with Gasteiger partial charge < -0.3 is 4.52 Å². The van der Waals surface area contributed by atoms with E-state index < -0.39 is 0 Å². The zero-order valence-corrected chi connectivity index (χ0v) is 11.0. The maximum Gasteiger partial charge on any atom is 0.215 e. The second kappa shape index (κ2) is 5.54. The average Bonchev–Trinajstić information content (AvgIpc) is 3.04. The van der Waals surface area contributed by atoms with Crippen molar-refractivity contribution in [1.29, 1.82) is 0 Å². The molecule has 0 aliphatic heterocycles. The molecule has 3 aromatic rings. The Labute approximate surface area is 121 Å². The van der Waals surface area contributed by atoms with Gasteiger partial charge in [-0.1, -0.05) is 65.8 Å². The predicted molar refractivity (Wildman–Crippen MR) is 76.3 cm³/mol. The highest BCUT2D eigenvalue weighted by Crippen LogP contribution is 2.17. The number of aromatic nitrogens is 1. The van der Waals surface area contributed by atoms with Crippen LogP contribution in [0.15, 0.2) is 71.4 Å². The summed E-state index contributed by atoms with van der Waals surface area (Å²) < 4.78 is 4.84. The van der Waals surface area contributed by atoms with Crippen LogP contribution < -0.4 is 0 Å². The van der Waals surface area contributed by atoms with Crippen LogP contribution in [0.2, 0.25) is 0 Å². The molecule has 3 rings (SSSR count). The fourth-order valence-corrected chi connectivity index (χ4v) is 2.03. The van der Waals surface area contributed by atoms with Gasteiger partial charge in [0.25, 0.3) is 0 Å². The molecule has 0 N–H and O–H groups in total. The van der Waals surface area contributed by atoms with Crippen molar-refractivity contribution in [2.75, 3.05) is 0 Å². The maximum atomic E-state index is 12.4. The van der Waals surface area contributed by atoms with E-state index in [1.807, 2.05) is 12.1 Å². The summed E-state index contributed by atoms with van der Waals surface area (Å²) in [5.74, 6) is -0.611. The van der Waals surface area contributed by atoms with Crippen molar-refractivity contribution < 1.29 is 14.1 Å². The summed E-state index contributed by atoms with van der Waals surface area (Å²) >= 11 is 0. The number of benzene rings is 2. The Bertz CT molecular complexity index is 710. The number of carbonyl (C=O) groups is 2. The van der Waals surface area contributed by atoms with Crippen LogP contribution in [-0.4, -0.2) is 16.7 Å². The summed E-state index contributed by atoms with van der Waals surface area (Å²) in [5, 5.41) is 3.69. The fraction of sp³-hybridized carbons (Fsp3) is 0. The van der Waals surface area contributed by atoms with Crippen molar-refractivity contribution in [1.82, 2.24) is 5.16 Å². The van der Waals surface area contributed by atoms with Crippen LogP contribution in [0.5, 0.6) is 0 Å². The molecule has 0 radical (unpaired) electrons. The van der Waals surface area contributed by atoms with E-state index in [0.29, 0.717) is 11.1 Å². The van der Waals surface area contributed by atoms with Crippen LogP contribution in [0.3, 0.4) is 0 Å². The Morgan fingerprint density at radius 3 is 1.86 bits per heavy atom. The molecule has 0 spiro atoms. The molecule has 0 bridgehead atoms. The van der Waals surface area contributed by atoms with E-state index in [2.05, 4.69) is 5.16 Å². The summed E-state index contributed by atoms with van der Waals surface area (Å²) in [7, 11) is 0. The van der Waals surface area contributed by atoms with Crippen LogP contribution in [0, 0.1) is 0 Å². The van der Waals surface area contributed by atoms with Crippen LogP contribution >= 0.6 is 0 Å². The lowest BCUT2D eigenvalue weighted by Crippen LogP contribution is -2.09. The van der Waals surface area contributed by atoms with E-state index in [1.165, 1.54) is 6.26 Å². The molecule has 0 saturated carbocycles. The van der Waals surface area contributed by atoms with Crippen molar-refractivity contribution in [2.45, 2.75) is 0 Å². The molecule has 102 valence electrons. The molecule has 0 unspecified atom stereocenters. The lowest BCUT2D eigenvalue weighted by molar-refractivity contribution is 0.1000. The largest absolute Gasteiger partial charge is 0.363 e. The lowest BCUT2D eigenvalue weighted by atomic mass is 10.00. The molecule has 0 aliphatic rings. The third kappa shape index (κ3) is 2.51. The van der Waals surface area contributed by atoms with Crippen molar-refractivity contribution in [3.63, 3.8) is 0 Å². The molecule has 1 heterocycles. The maximum absolute atomic E-state index is 12.4. The summed E-state index contributed by atoms with van der Waals surface area (Å²) in [6, 6.07) is 17.4. The number of hydrogen-bond donors (Lipinski definition) is 0. The SMILES string of the molecule is O=C(c1ccccc1)c1conc1C(=O)c1ccccc1. The Morgan fingerprint density at radius 1 is 0.762 bits per heavy atom. The first-order valence-corrected chi connectivity index (χ1v) is 6.41. The topological polar surface area (TPSA) is 60.2 Å². The molecule has 0 fully saturated rings. The lowest BCUT2D eigenvalue weighted by Gasteiger charge is -2.01. The summed E-state index contributed by atoms with van der Waals surface area (Å²) in [4.78, 5) is 24.8. The molecular formula is C17H11NO3. The molecule has 21 heavy (non-hydrogen) atoms. The van der Waals surface area contributed by atoms with Gasteiger partial charge in [-0.15, -0.1) is 0 Å². The molecular weight excluding hydrogens is 266 g/mol. The first kappa shape index (κ1) is 13.0. The van der Waals surface area contributed by atoms with Crippen LogP contribution in [0.4, 0.5) is 0 Å². The Kier molecular flexibility index (Phi) is 3.43. The second-order valence-corrected chi connectivity index (χ2v) is 4.47. The number of hydrogen-bond acceptors (Lipinski definition) is 4. The van der Waals surface area contributed by atoms with E-state index in [0.717, 1.165) is 0 Å². The van der Waals surface area contributed by atoms with E-state index in [9.17, 15) is 9.59 Å². The van der Waals surface area contributed by atoms with Gasteiger partial charge in [-0.3, -0.25) is 9.59 Å². The molecule has 0 atom stereocenters. The summed E-state index contributed by atoms with van der Waals surface area (Å²) in [5.41, 5.74) is 1.17. The van der Waals surface area contributed by atoms with Gasteiger partial charge >= 0.3 is 0 Å². The molecule has 1 aromatic heterocycles. The van der Waals surface area contributed by atoms with Crippen LogP contribution in [0.25, 0.3) is 0 Å². The zero-order valence-electron chi connectivity index (χ0n) is 11.0. The highest BCUT2D eigenvalue weighted by atomic mass is 16.5. The standard InChI is InChI=1S/C17H11NO3/c19-16(12-7-3-1-4-8-12)14-11-21-18-15(14)17(20)13-9-5-2-6-10-13/h1-11H. The van der Waals surface area contributed by atoms with E-state index in [-0.39, 0.29) is 22.8 Å². The Morgan fingerprint density at radius 2 is 1.29 bits per heavy atom. The number of nitrogens with zero attached hydrogens (tertiary/aromatic N) is 1. The minimum absolute atomic E-state index is 0.0371. The van der Waals surface area contributed by atoms with Crippen LogP contribution in [-0.2, 0) is 0 Å². The molecule has 2 aromatic carbocycles. The first-order valence-electron chi connectivity index (χ1n) is 6.41. The van der Waals surface area contributed by atoms with E-state index in [4.69, 9.17) is 4.52 Å². The van der Waals surface area contributed by atoms with Gasteiger partial charge in [0.2, 0.25) is 5.78 Å². The molecule has 4 heteroatoms. The monoisotopic (exact) mass is 277 g/mol. The minimum atomic E-state index is -0.330. The van der Waals surface area contributed by atoms with E-state index in [1.54, 1.807) is 48.5 Å². The van der Waals surface area contributed by atoms with Gasteiger partial charge in [0.1, 0.15) is 6.26 Å². The fourth-order valence-electron chi connectivity index (χ4n) is 2.03. The Hall–Kier alpha value is -3.01. The zero-order chi connectivity index (χ0) is 14.7. The highest BCUT2D eigenvalue weighted by Gasteiger charge is 2.23. The third-order valence-corrected chi connectivity index (χ3v) is 3.10. The normalized spacial score (nSPS) is 10.3. The average molecular weight is 277 g/mol. The Balaban J connectivity index is 1.99. The molecule has 0 amide bonds. The highest BCUT2D eigenvalue weighted by molar-refractivity contribution is 6.18. The van der Waals surface area contributed by atoms with Crippen molar-refractivity contribution >= 4 is 11.6 Å². The summed E-state index contributed by atoms with van der Waals surface area (Å²) in [6.07, 6.45) is 1.21. The van der Waals surface area contributed by atoms with Crippen molar-refractivity contribution in [3.8, 4) is 0 Å². The van der Waals surface area contributed by atoms with E-state index >= 15 is 0 Å². The molecule has 4 nitrogen and oxygen atoms in total. The van der Waals surface area contributed by atoms with Gasteiger partial charge in [-0.05, 0) is 0 Å². The van der Waals surface area contributed by atoms with Crippen molar-refractivity contribution in [3.05, 3.63) is 89.3 Å². The van der Waals surface area contributed by atoms with Crippen molar-refractivity contribution in [2.24, 2.45) is 0 Å². The van der Waals surface area contributed by atoms with Crippen LogP contribution in [0.1, 0.15) is 32.0 Å². The number of carbonyl (C=O) groups excluding carboxylic acids is 2. The molecule has 0 aliphatic carbocycles. The minimum Gasteiger partial charge on any atom is -0.363 e. The summed E-state index contributed by atoms with van der Waals surface area (Å²) in [6.45, 7) is 0.